The Morgan fingerprint density at radius 3 is 1.96 bits per heavy atom. The van der Waals surface area contributed by atoms with Crippen LogP contribution < -0.4 is 9.85 Å². The van der Waals surface area contributed by atoms with Crippen LogP contribution in [-0.4, -0.2) is 16.6 Å². The number of rotatable bonds is 6. The molecule has 0 aliphatic heterocycles. The molecule has 1 aliphatic carbocycles. The van der Waals surface area contributed by atoms with Crippen LogP contribution in [0.1, 0.15) is 71.8 Å². The lowest BCUT2D eigenvalue weighted by molar-refractivity contribution is 0.236. The van der Waals surface area contributed by atoms with E-state index in [2.05, 4.69) is 67.7 Å². The maximum atomic E-state index is 12.9. The molecular weight excluding hydrogens is 372 g/mol. The van der Waals surface area contributed by atoms with E-state index >= 15 is 0 Å². The van der Waals surface area contributed by atoms with E-state index < -0.39 is 16.6 Å². The van der Waals surface area contributed by atoms with E-state index in [0.29, 0.717) is 24.0 Å². The highest BCUT2D eigenvalue weighted by atomic mass is 28.4. The first-order valence-electron chi connectivity index (χ1n) is 10.0. The minimum absolute atomic E-state index is 0.0321. The molecular formula is C21H38O4Si2. The summed E-state index contributed by atoms with van der Waals surface area (Å²) in [6.07, 6.45) is 2.12. The first kappa shape index (κ1) is 22.4. The van der Waals surface area contributed by atoms with Gasteiger partial charge in [-0.15, -0.1) is 0 Å². The third-order valence-corrected chi connectivity index (χ3v) is 15.3. The van der Waals surface area contributed by atoms with E-state index in [0.717, 1.165) is 18.6 Å². The predicted molar refractivity (Wildman–Crippen MR) is 117 cm³/mol. The maximum Gasteiger partial charge on any atom is 0.250 e. The van der Waals surface area contributed by atoms with Crippen LogP contribution in [0.15, 0.2) is 15.3 Å². The van der Waals surface area contributed by atoms with Gasteiger partial charge in [-0.1, -0.05) is 41.5 Å². The summed E-state index contributed by atoms with van der Waals surface area (Å²) in [4.78, 5) is 12.9. The van der Waals surface area contributed by atoms with Crippen molar-refractivity contribution in [2.75, 3.05) is 0 Å². The van der Waals surface area contributed by atoms with Gasteiger partial charge in [-0.3, -0.25) is 4.79 Å². The highest BCUT2D eigenvalue weighted by molar-refractivity contribution is 6.75. The second kappa shape index (κ2) is 7.19. The van der Waals surface area contributed by atoms with E-state index in [1.165, 1.54) is 0 Å². The molecule has 154 valence electrons. The molecule has 0 radical (unpaired) electrons. The average molecular weight is 411 g/mol. The zero-order valence-corrected chi connectivity index (χ0v) is 20.9. The van der Waals surface area contributed by atoms with E-state index in [-0.39, 0.29) is 15.5 Å². The summed E-state index contributed by atoms with van der Waals surface area (Å²) in [6.45, 7) is 22.3. The molecule has 1 saturated carbocycles. The maximum absolute atomic E-state index is 12.9. The van der Waals surface area contributed by atoms with Crippen molar-refractivity contribution in [3.63, 3.8) is 0 Å². The van der Waals surface area contributed by atoms with Crippen LogP contribution in [-0.2, 0) is 11.0 Å². The molecule has 0 bridgehead atoms. The van der Waals surface area contributed by atoms with Crippen LogP contribution in [0.4, 0.5) is 0 Å². The summed E-state index contributed by atoms with van der Waals surface area (Å²) >= 11 is 0. The normalized spacial score (nSPS) is 16.5. The second-order valence-electron chi connectivity index (χ2n) is 11.0. The fraction of sp³-hybridized carbons (Fsp3) is 0.762. The Hall–Kier alpha value is -0.856. The Labute approximate surface area is 166 Å². The van der Waals surface area contributed by atoms with Gasteiger partial charge in [-0.2, -0.15) is 0 Å². The molecule has 1 aromatic rings. The summed E-state index contributed by atoms with van der Waals surface area (Å²) < 4.78 is 18.8. The highest BCUT2D eigenvalue weighted by Crippen LogP contribution is 2.46. The average Bonchev–Trinajstić information content (AvgIpc) is 3.29. The van der Waals surface area contributed by atoms with Crippen molar-refractivity contribution in [3.8, 4) is 5.75 Å². The van der Waals surface area contributed by atoms with Crippen molar-refractivity contribution in [2.24, 2.45) is 0 Å². The lowest BCUT2D eigenvalue weighted by atomic mass is 10.2. The van der Waals surface area contributed by atoms with E-state index in [1.807, 2.05) is 0 Å². The minimum atomic E-state index is -2.10. The van der Waals surface area contributed by atoms with Crippen LogP contribution in [0.25, 0.3) is 0 Å². The topological polar surface area (TPSA) is 48.7 Å². The lowest BCUT2D eigenvalue weighted by Crippen LogP contribution is -2.45. The number of hydrogen-bond donors (Lipinski definition) is 0. The van der Waals surface area contributed by atoms with E-state index in [9.17, 15) is 4.79 Å². The molecule has 0 saturated heterocycles. The van der Waals surface area contributed by atoms with Crippen molar-refractivity contribution >= 4 is 16.6 Å². The molecule has 1 aliphatic rings. The van der Waals surface area contributed by atoms with Gasteiger partial charge in [0.05, 0.1) is 6.61 Å². The van der Waals surface area contributed by atoms with Crippen LogP contribution in [0.3, 0.4) is 0 Å². The van der Waals surface area contributed by atoms with Crippen LogP contribution in [0.2, 0.25) is 36.3 Å². The van der Waals surface area contributed by atoms with Crippen molar-refractivity contribution in [2.45, 2.75) is 103 Å². The highest BCUT2D eigenvalue weighted by Gasteiger charge is 2.42. The summed E-state index contributed by atoms with van der Waals surface area (Å²) in [7, 11) is -4.00. The van der Waals surface area contributed by atoms with Gasteiger partial charge in [0.1, 0.15) is 5.76 Å². The van der Waals surface area contributed by atoms with Crippen molar-refractivity contribution in [3.05, 3.63) is 27.8 Å². The summed E-state index contributed by atoms with van der Waals surface area (Å²) in [5.41, 5.74) is -0.0678. The van der Waals surface area contributed by atoms with Crippen molar-refractivity contribution in [1.82, 2.24) is 0 Å². The molecule has 6 heteroatoms. The summed E-state index contributed by atoms with van der Waals surface area (Å²) in [5.74, 6) is 2.11. The lowest BCUT2D eigenvalue weighted by Gasteiger charge is -2.37. The van der Waals surface area contributed by atoms with Crippen LogP contribution in [0, 0.1) is 0 Å². The van der Waals surface area contributed by atoms with Crippen molar-refractivity contribution < 1.29 is 13.3 Å². The van der Waals surface area contributed by atoms with Gasteiger partial charge < -0.3 is 13.3 Å². The summed E-state index contributed by atoms with van der Waals surface area (Å²) in [5, 5.41) is 0.155. The molecule has 27 heavy (non-hydrogen) atoms. The zero-order valence-electron chi connectivity index (χ0n) is 18.9. The standard InChI is InChI=1S/C21H38O4Si2/c1-20(2,3)26(7,8)23-14-16-13-17(22)19(18(24-16)15-11-12-15)25-27(9,10)21(4,5)6/h13,15H,11-12,14H2,1-10H3. The minimum Gasteiger partial charge on any atom is -0.539 e. The molecule has 1 aromatic heterocycles. The molecule has 0 amide bonds. The first-order valence-corrected chi connectivity index (χ1v) is 15.9. The largest absolute Gasteiger partial charge is 0.539 e. The van der Waals surface area contributed by atoms with E-state index in [4.69, 9.17) is 13.3 Å². The zero-order chi connectivity index (χ0) is 20.8. The molecule has 1 heterocycles. The van der Waals surface area contributed by atoms with Gasteiger partial charge in [0.25, 0.3) is 8.32 Å². The van der Waals surface area contributed by atoms with Crippen LogP contribution >= 0.6 is 0 Å². The van der Waals surface area contributed by atoms with Gasteiger partial charge in [0.15, 0.2) is 19.8 Å². The molecule has 0 spiro atoms. The Bertz CT molecular complexity index is 732. The third-order valence-electron chi connectivity index (χ3n) is 6.47. The molecule has 0 atom stereocenters. The quantitative estimate of drug-likeness (QED) is 0.507. The second-order valence-corrected chi connectivity index (χ2v) is 20.5. The molecule has 4 nitrogen and oxygen atoms in total. The third kappa shape index (κ3) is 5.15. The smallest absolute Gasteiger partial charge is 0.250 e. The monoisotopic (exact) mass is 410 g/mol. The first-order chi connectivity index (χ1) is 12.1. The molecule has 2 rings (SSSR count). The molecule has 1 fully saturated rings. The van der Waals surface area contributed by atoms with Gasteiger partial charge in [-0.25, -0.2) is 0 Å². The van der Waals surface area contributed by atoms with Crippen LogP contribution in [0.5, 0.6) is 5.75 Å². The fourth-order valence-electron chi connectivity index (χ4n) is 2.21. The predicted octanol–water partition coefficient (Wildman–Crippen LogP) is 6.42. The Morgan fingerprint density at radius 2 is 1.52 bits per heavy atom. The number of hydrogen-bond acceptors (Lipinski definition) is 4. The van der Waals surface area contributed by atoms with Gasteiger partial charge in [0.2, 0.25) is 5.43 Å². The Morgan fingerprint density at radius 1 is 1.00 bits per heavy atom. The van der Waals surface area contributed by atoms with Crippen molar-refractivity contribution in [1.29, 1.82) is 0 Å². The Balaban J connectivity index is 2.31. The SMILES string of the molecule is CC(C)(C)[Si](C)(C)OCc1cc(=O)c(O[Si](C)(C)C(C)(C)C)c(C2CC2)o1. The Kier molecular flexibility index (Phi) is 5.98. The van der Waals surface area contributed by atoms with E-state index in [1.54, 1.807) is 6.07 Å². The molecule has 0 unspecified atom stereocenters. The van der Waals surface area contributed by atoms with Gasteiger partial charge in [-0.05, 0) is 49.1 Å². The molecule has 0 aromatic carbocycles. The fourth-order valence-corrected chi connectivity index (χ4v) is 4.17. The molecule has 0 N–H and O–H groups in total. The van der Waals surface area contributed by atoms with Gasteiger partial charge >= 0.3 is 0 Å². The summed E-state index contributed by atoms with van der Waals surface area (Å²) in [6, 6.07) is 1.57. The van der Waals surface area contributed by atoms with Gasteiger partial charge in [0, 0.05) is 12.0 Å².